The molecule has 0 bridgehead atoms. The van der Waals surface area contributed by atoms with E-state index in [9.17, 15) is 17.8 Å². The molecule has 1 N–H and O–H groups in total. The van der Waals surface area contributed by atoms with Crippen LogP contribution in [0.2, 0.25) is 0 Å². The van der Waals surface area contributed by atoms with Gasteiger partial charge in [-0.15, -0.1) is 0 Å². The summed E-state index contributed by atoms with van der Waals surface area (Å²) in [6, 6.07) is 8.45. The van der Waals surface area contributed by atoms with Gasteiger partial charge in [0, 0.05) is 5.56 Å². The summed E-state index contributed by atoms with van der Waals surface area (Å²) in [4.78, 5) is 0.0787. The van der Waals surface area contributed by atoms with E-state index in [4.69, 9.17) is 9.39 Å². The lowest BCUT2D eigenvalue weighted by Crippen LogP contribution is -2.29. The highest BCUT2D eigenvalue weighted by Crippen LogP contribution is 2.22. The van der Waals surface area contributed by atoms with E-state index in [1.54, 1.807) is 0 Å². The van der Waals surface area contributed by atoms with E-state index in [1.165, 1.54) is 43.5 Å². The van der Waals surface area contributed by atoms with Gasteiger partial charge in [0.15, 0.2) is 9.84 Å². The largest absolute Gasteiger partial charge is 0.497 e. The molecule has 0 spiro atoms. The van der Waals surface area contributed by atoms with Gasteiger partial charge in [-0.25, -0.2) is 12.8 Å². The fraction of sp³-hybridized carbons (Fsp3) is 0.200. The van der Waals surface area contributed by atoms with Crippen LogP contribution in [-0.4, -0.2) is 27.7 Å². The number of fused-ring (bicyclic) bond motifs is 1. The van der Waals surface area contributed by atoms with Crippen molar-refractivity contribution in [1.82, 2.24) is 0 Å². The van der Waals surface area contributed by atoms with Gasteiger partial charge >= 0.3 is 7.12 Å². The highest BCUT2D eigenvalue weighted by atomic mass is 32.2. The molecule has 23 heavy (non-hydrogen) atoms. The number of halogens is 1. The quantitative estimate of drug-likeness (QED) is 0.845. The smallest absolute Gasteiger partial charge is 0.491 e. The van der Waals surface area contributed by atoms with Crippen molar-refractivity contribution in [3.8, 4) is 5.75 Å². The molecule has 1 aliphatic heterocycles. The Labute approximate surface area is 133 Å². The Morgan fingerprint density at radius 3 is 2.65 bits per heavy atom. The zero-order valence-electron chi connectivity index (χ0n) is 12.3. The summed E-state index contributed by atoms with van der Waals surface area (Å²) in [5.41, 5.74) is 0.941. The van der Waals surface area contributed by atoms with Crippen molar-refractivity contribution >= 4 is 22.4 Å². The molecule has 0 saturated carbocycles. The van der Waals surface area contributed by atoms with Gasteiger partial charge < -0.3 is 14.4 Å². The van der Waals surface area contributed by atoms with Crippen LogP contribution in [0.5, 0.6) is 5.75 Å². The molecule has 0 aromatic heterocycles. The first-order valence-electron chi connectivity index (χ1n) is 6.88. The van der Waals surface area contributed by atoms with Gasteiger partial charge in [0.1, 0.15) is 11.6 Å². The zero-order chi connectivity index (χ0) is 16.6. The summed E-state index contributed by atoms with van der Waals surface area (Å²) in [7, 11) is -3.38. The second-order valence-electron chi connectivity index (χ2n) is 5.24. The van der Waals surface area contributed by atoms with E-state index in [-0.39, 0.29) is 17.1 Å². The Morgan fingerprint density at radius 1 is 1.30 bits per heavy atom. The lowest BCUT2D eigenvalue weighted by molar-refractivity contribution is 0.275. The number of hydrogen-bond acceptors (Lipinski definition) is 5. The van der Waals surface area contributed by atoms with Gasteiger partial charge in [-0.05, 0) is 41.4 Å². The summed E-state index contributed by atoms with van der Waals surface area (Å²) in [5.74, 6) is -0.586. The highest BCUT2D eigenvalue weighted by molar-refractivity contribution is 7.90. The lowest BCUT2D eigenvalue weighted by atomic mass is 9.79. The second-order valence-corrected chi connectivity index (χ2v) is 7.23. The normalized spacial score (nSPS) is 14.0. The molecule has 5 nitrogen and oxygen atoms in total. The third kappa shape index (κ3) is 3.10. The predicted molar refractivity (Wildman–Crippen MR) is 82.7 cm³/mol. The molecule has 2 aromatic carbocycles. The molecule has 0 radical (unpaired) electrons. The third-order valence-electron chi connectivity index (χ3n) is 3.74. The van der Waals surface area contributed by atoms with E-state index in [1.807, 2.05) is 0 Å². The second kappa shape index (κ2) is 5.95. The van der Waals surface area contributed by atoms with Gasteiger partial charge in [0.25, 0.3) is 0 Å². The minimum atomic E-state index is -3.71. The van der Waals surface area contributed by atoms with Crippen LogP contribution >= 0.6 is 0 Å². The van der Waals surface area contributed by atoms with E-state index in [2.05, 4.69) is 0 Å². The molecule has 0 aliphatic carbocycles. The predicted octanol–water partition coefficient (Wildman–Crippen LogP) is 1.03. The Morgan fingerprint density at radius 2 is 2.00 bits per heavy atom. The Kier molecular flexibility index (Phi) is 4.14. The van der Waals surface area contributed by atoms with Crippen molar-refractivity contribution in [2.45, 2.75) is 17.3 Å². The van der Waals surface area contributed by atoms with E-state index < -0.39 is 28.5 Å². The molecular formula is C15H14BFO5S. The summed E-state index contributed by atoms with van der Waals surface area (Å²) < 4.78 is 49.0. The molecule has 1 heterocycles. The summed E-state index contributed by atoms with van der Waals surface area (Å²) in [6.07, 6.45) is 0. The van der Waals surface area contributed by atoms with Gasteiger partial charge in [0.2, 0.25) is 0 Å². The van der Waals surface area contributed by atoms with Gasteiger partial charge in [-0.2, -0.15) is 0 Å². The average Bonchev–Trinajstić information content (AvgIpc) is 2.88. The summed E-state index contributed by atoms with van der Waals surface area (Å²) in [6.45, 7) is 0.110. The topological polar surface area (TPSA) is 72.8 Å². The van der Waals surface area contributed by atoms with E-state index in [0.717, 1.165) is 0 Å². The molecule has 120 valence electrons. The lowest BCUT2D eigenvalue weighted by Gasteiger charge is -2.09. The van der Waals surface area contributed by atoms with Crippen LogP contribution < -0.4 is 10.2 Å². The standard InChI is InChI=1S/C15H14BFO5S/c1-21-12-2-4-13(5-3-12)23(19,20)9-11-6-14-10(7-15(11)17)8-22-16(14)18/h2-7,18H,8-9H2,1H3. The Balaban J connectivity index is 1.92. The maximum atomic E-state index is 14.1. The zero-order valence-corrected chi connectivity index (χ0v) is 13.1. The fourth-order valence-corrected chi connectivity index (χ4v) is 3.82. The molecular weight excluding hydrogens is 322 g/mol. The minimum Gasteiger partial charge on any atom is -0.497 e. The molecule has 0 atom stereocenters. The van der Waals surface area contributed by atoms with Crippen LogP contribution in [0.25, 0.3) is 0 Å². The molecule has 0 saturated heterocycles. The maximum absolute atomic E-state index is 14.1. The molecule has 1 aliphatic rings. The highest BCUT2D eigenvalue weighted by Gasteiger charge is 2.29. The average molecular weight is 336 g/mol. The van der Waals surface area contributed by atoms with E-state index >= 15 is 0 Å². The number of methoxy groups -OCH3 is 1. The van der Waals surface area contributed by atoms with Crippen molar-refractivity contribution in [2.24, 2.45) is 0 Å². The molecule has 3 rings (SSSR count). The molecule has 0 unspecified atom stereocenters. The van der Waals surface area contributed by atoms with Crippen molar-refractivity contribution < 1.29 is 27.2 Å². The Hall–Kier alpha value is -1.90. The number of rotatable bonds is 4. The van der Waals surface area contributed by atoms with Crippen LogP contribution in [0.15, 0.2) is 41.3 Å². The summed E-state index contributed by atoms with van der Waals surface area (Å²) in [5, 5.41) is 9.66. The molecule has 8 heteroatoms. The number of ether oxygens (including phenoxy) is 1. The van der Waals surface area contributed by atoms with Gasteiger partial charge in [-0.1, -0.05) is 6.07 Å². The van der Waals surface area contributed by atoms with Crippen molar-refractivity contribution in [2.75, 3.05) is 7.11 Å². The van der Waals surface area contributed by atoms with Crippen molar-refractivity contribution in [3.05, 3.63) is 53.3 Å². The van der Waals surface area contributed by atoms with Gasteiger partial charge in [-0.3, -0.25) is 0 Å². The van der Waals surface area contributed by atoms with E-state index in [0.29, 0.717) is 16.8 Å². The van der Waals surface area contributed by atoms with Crippen LogP contribution in [0.1, 0.15) is 11.1 Å². The van der Waals surface area contributed by atoms with Gasteiger partial charge in [0.05, 0.1) is 24.4 Å². The Bertz CT molecular complexity index is 836. The first kappa shape index (κ1) is 16.0. The maximum Gasteiger partial charge on any atom is 0.491 e. The fourth-order valence-electron chi connectivity index (χ4n) is 2.47. The first-order valence-corrected chi connectivity index (χ1v) is 8.53. The first-order chi connectivity index (χ1) is 10.9. The number of sulfone groups is 1. The van der Waals surface area contributed by atoms with Crippen LogP contribution in [-0.2, 0) is 26.9 Å². The van der Waals surface area contributed by atoms with Crippen molar-refractivity contribution in [1.29, 1.82) is 0 Å². The summed E-state index contributed by atoms with van der Waals surface area (Å²) >= 11 is 0. The van der Waals surface area contributed by atoms with Crippen LogP contribution in [0, 0.1) is 5.82 Å². The monoisotopic (exact) mass is 336 g/mol. The SMILES string of the molecule is COc1ccc(S(=O)(=O)Cc2cc3c(cc2F)COB3O)cc1. The van der Waals surface area contributed by atoms with Crippen LogP contribution in [0.3, 0.4) is 0 Å². The molecule has 2 aromatic rings. The van der Waals surface area contributed by atoms with Crippen LogP contribution in [0.4, 0.5) is 4.39 Å². The number of hydrogen-bond donors (Lipinski definition) is 1. The van der Waals surface area contributed by atoms with Crippen molar-refractivity contribution in [3.63, 3.8) is 0 Å². The molecule has 0 amide bonds. The molecule has 0 fully saturated rings. The minimum absolute atomic E-state index is 0.00381. The number of benzene rings is 2. The third-order valence-corrected chi connectivity index (χ3v) is 5.42.